The van der Waals surface area contributed by atoms with E-state index < -0.39 is 16.5 Å². The number of carbonyl (C=O) groups is 1. The summed E-state index contributed by atoms with van der Waals surface area (Å²) in [5.74, 6) is -0.918. The molecule has 0 spiro atoms. The second-order valence-electron chi connectivity index (χ2n) is 3.92. The number of phenolic OH excluding ortho intramolecular Hbond substituents is 1. The fourth-order valence-corrected chi connectivity index (χ4v) is 1.72. The van der Waals surface area contributed by atoms with Crippen molar-refractivity contribution in [3.05, 3.63) is 63.2 Å². The predicted octanol–water partition coefficient (Wildman–Crippen LogP) is 3.21. The van der Waals surface area contributed by atoms with Crippen LogP contribution >= 0.6 is 11.6 Å². The number of hydrogen-bond donors (Lipinski definition) is 2. The zero-order valence-electron chi connectivity index (χ0n) is 10.0. The summed E-state index contributed by atoms with van der Waals surface area (Å²) in [5.41, 5.74) is -0.138. The minimum absolute atomic E-state index is 0.136. The first-order valence-corrected chi connectivity index (χ1v) is 5.89. The van der Waals surface area contributed by atoms with Crippen molar-refractivity contribution >= 4 is 28.9 Å². The van der Waals surface area contributed by atoms with Crippen molar-refractivity contribution in [2.24, 2.45) is 0 Å². The summed E-state index contributed by atoms with van der Waals surface area (Å²) in [7, 11) is 0. The average Bonchev–Trinajstić information content (AvgIpc) is 2.41. The van der Waals surface area contributed by atoms with Gasteiger partial charge in [0.15, 0.2) is 0 Å². The van der Waals surface area contributed by atoms with Crippen molar-refractivity contribution in [3.8, 4) is 5.75 Å². The lowest BCUT2D eigenvalue weighted by Gasteiger charge is -2.06. The number of benzene rings is 2. The van der Waals surface area contributed by atoms with Gasteiger partial charge in [-0.1, -0.05) is 11.6 Å². The van der Waals surface area contributed by atoms with Gasteiger partial charge in [0.2, 0.25) is 0 Å². The number of carbonyl (C=O) groups excluding carboxylic acids is 1. The second-order valence-corrected chi connectivity index (χ2v) is 4.36. The third kappa shape index (κ3) is 3.04. The predicted molar refractivity (Wildman–Crippen MR) is 74.2 cm³/mol. The lowest BCUT2D eigenvalue weighted by molar-refractivity contribution is -0.385. The number of aromatic hydroxyl groups is 1. The van der Waals surface area contributed by atoms with Crippen LogP contribution in [0.25, 0.3) is 0 Å². The van der Waals surface area contributed by atoms with Crippen LogP contribution in [0, 0.1) is 10.1 Å². The molecule has 20 heavy (non-hydrogen) atoms. The number of nitrogens with one attached hydrogen (secondary N) is 1. The molecule has 0 bridgehead atoms. The highest BCUT2D eigenvalue weighted by molar-refractivity contribution is 6.30. The van der Waals surface area contributed by atoms with Crippen LogP contribution in [-0.2, 0) is 0 Å². The molecule has 0 aliphatic heterocycles. The largest absolute Gasteiger partial charge is 0.508 e. The van der Waals surface area contributed by atoms with Crippen LogP contribution < -0.4 is 5.32 Å². The van der Waals surface area contributed by atoms with Gasteiger partial charge in [0.05, 0.1) is 11.0 Å². The van der Waals surface area contributed by atoms with Crippen LogP contribution in [0.3, 0.4) is 0 Å². The van der Waals surface area contributed by atoms with Crippen molar-refractivity contribution in [2.45, 2.75) is 0 Å². The van der Waals surface area contributed by atoms with Gasteiger partial charge in [-0.3, -0.25) is 14.9 Å². The van der Waals surface area contributed by atoms with Crippen molar-refractivity contribution in [2.75, 3.05) is 5.32 Å². The number of rotatable bonds is 3. The molecule has 0 fully saturated rings. The van der Waals surface area contributed by atoms with Gasteiger partial charge in [0, 0.05) is 10.7 Å². The summed E-state index contributed by atoms with van der Waals surface area (Å²) < 4.78 is 0. The van der Waals surface area contributed by atoms with Crippen LogP contribution in [0.4, 0.5) is 11.4 Å². The number of anilines is 1. The molecule has 0 heterocycles. The fourth-order valence-electron chi connectivity index (χ4n) is 1.59. The Morgan fingerprint density at radius 2 is 1.85 bits per heavy atom. The van der Waals surface area contributed by atoms with E-state index in [4.69, 9.17) is 11.6 Å². The number of amides is 1. The van der Waals surface area contributed by atoms with E-state index in [0.29, 0.717) is 10.7 Å². The molecule has 102 valence electrons. The van der Waals surface area contributed by atoms with E-state index >= 15 is 0 Å². The Labute approximate surface area is 118 Å². The Morgan fingerprint density at radius 1 is 1.20 bits per heavy atom. The fraction of sp³-hybridized carbons (Fsp3) is 0. The maximum absolute atomic E-state index is 12.0. The number of phenols is 1. The quantitative estimate of drug-likeness (QED) is 0.671. The third-order valence-electron chi connectivity index (χ3n) is 2.52. The first kappa shape index (κ1) is 13.8. The highest BCUT2D eigenvalue weighted by Crippen LogP contribution is 2.25. The molecule has 0 aliphatic rings. The maximum Gasteiger partial charge on any atom is 0.285 e. The lowest BCUT2D eigenvalue weighted by atomic mass is 10.1. The molecule has 1 amide bonds. The van der Waals surface area contributed by atoms with Gasteiger partial charge < -0.3 is 10.4 Å². The molecule has 0 saturated carbocycles. The van der Waals surface area contributed by atoms with Crippen LogP contribution in [-0.4, -0.2) is 15.9 Å². The van der Waals surface area contributed by atoms with Gasteiger partial charge >= 0.3 is 0 Å². The molecule has 2 aromatic carbocycles. The topological polar surface area (TPSA) is 92.5 Å². The summed E-state index contributed by atoms with van der Waals surface area (Å²) in [4.78, 5) is 22.2. The van der Waals surface area contributed by atoms with E-state index in [1.165, 1.54) is 12.1 Å². The van der Waals surface area contributed by atoms with E-state index in [0.717, 1.165) is 6.07 Å². The van der Waals surface area contributed by atoms with E-state index in [2.05, 4.69) is 5.32 Å². The highest BCUT2D eigenvalue weighted by atomic mass is 35.5. The number of hydrogen-bond acceptors (Lipinski definition) is 4. The Morgan fingerprint density at radius 3 is 2.45 bits per heavy atom. The number of nitro groups is 1. The molecule has 0 aromatic heterocycles. The Bertz CT molecular complexity index is 671. The normalized spacial score (nSPS) is 10.1. The third-order valence-corrected chi connectivity index (χ3v) is 2.78. The molecule has 0 aliphatic carbocycles. The summed E-state index contributed by atoms with van der Waals surface area (Å²) in [6.45, 7) is 0. The van der Waals surface area contributed by atoms with Gasteiger partial charge in [-0.25, -0.2) is 0 Å². The Kier molecular flexibility index (Phi) is 3.86. The van der Waals surface area contributed by atoms with E-state index in [1.807, 2.05) is 0 Å². The molecule has 0 unspecified atom stereocenters. The molecular weight excluding hydrogens is 284 g/mol. The molecule has 7 heteroatoms. The molecule has 6 nitrogen and oxygen atoms in total. The average molecular weight is 293 g/mol. The van der Waals surface area contributed by atoms with Crippen LogP contribution in [0.15, 0.2) is 42.5 Å². The molecule has 0 saturated heterocycles. The Hall–Kier alpha value is -2.60. The van der Waals surface area contributed by atoms with E-state index in [1.54, 1.807) is 24.3 Å². The van der Waals surface area contributed by atoms with Crippen LogP contribution in [0.1, 0.15) is 10.4 Å². The first-order valence-electron chi connectivity index (χ1n) is 5.51. The SMILES string of the molecule is O=C(Nc1ccc(Cl)cc1)c1ccc(O)cc1[N+](=O)[O-]. The number of nitrogens with zero attached hydrogens (tertiary/aromatic N) is 1. The van der Waals surface area contributed by atoms with Crippen molar-refractivity contribution in [1.82, 2.24) is 0 Å². The zero-order chi connectivity index (χ0) is 14.7. The van der Waals surface area contributed by atoms with E-state index in [-0.39, 0.29) is 11.3 Å². The van der Waals surface area contributed by atoms with Gasteiger partial charge in [-0.15, -0.1) is 0 Å². The summed E-state index contributed by atoms with van der Waals surface area (Å²) in [5, 5.41) is 23.1. The van der Waals surface area contributed by atoms with Crippen LogP contribution in [0.2, 0.25) is 5.02 Å². The van der Waals surface area contributed by atoms with E-state index in [9.17, 15) is 20.0 Å². The minimum atomic E-state index is -0.726. The van der Waals surface area contributed by atoms with Crippen molar-refractivity contribution in [1.29, 1.82) is 0 Å². The monoisotopic (exact) mass is 292 g/mol. The summed E-state index contributed by atoms with van der Waals surface area (Å²) >= 11 is 5.72. The van der Waals surface area contributed by atoms with Gasteiger partial charge in [-0.05, 0) is 36.4 Å². The minimum Gasteiger partial charge on any atom is -0.508 e. The standard InChI is InChI=1S/C13H9ClN2O4/c14-8-1-3-9(4-2-8)15-13(18)11-6-5-10(17)7-12(11)16(19)20/h1-7,17H,(H,15,18). The zero-order valence-corrected chi connectivity index (χ0v) is 10.8. The van der Waals surface area contributed by atoms with Gasteiger partial charge in [0.25, 0.3) is 11.6 Å². The van der Waals surface area contributed by atoms with Gasteiger partial charge in [0.1, 0.15) is 11.3 Å². The molecule has 2 rings (SSSR count). The molecule has 0 atom stereocenters. The first-order chi connectivity index (χ1) is 9.47. The molecular formula is C13H9ClN2O4. The highest BCUT2D eigenvalue weighted by Gasteiger charge is 2.20. The molecule has 0 radical (unpaired) electrons. The van der Waals surface area contributed by atoms with Crippen molar-refractivity contribution < 1.29 is 14.8 Å². The Balaban J connectivity index is 2.29. The second kappa shape index (κ2) is 5.58. The lowest BCUT2D eigenvalue weighted by Crippen LogP contribution is -2.13. The number of nitro benzene ring substituents is 1. The molecule has 2 aromatic rings. The maximum atomic E-state index is 12.0. The smallest absolute Gasteiger partial charge is 0.285 e. The van der Waals surface area contributed by atoms with Crippen molar-refractivity contribution in [3.63, 3.8) is 0 Å². The molecule has 2 N–H and O–H groups in total. The summed E-state index contributed by atoms with van der Waals surface area (Å²) in [6.07, 6.45) is 0. The van der Waals surface area contributed by atoms with Crippen LogP contribution in [0.5, 0.6) is 5.75 Å². The van der Waals surface area contributed by atoms with Gasteiger partial charge in [-0.2, -0.15) is 0 Å². The summed E-state index contributed by atoms with van der Waals surface area (Å²) in [6, 6.07) is 9.66. The number of halogens is 1.